The molecule has 3 atom stereocenters. The van der Waals surface area contributed by atoms with Gasteiger partial charge in [-0.2, -0.15) is 0 Å². The molecule has 2 N–H and O–H groups in total. The van der Waals surface area contributed by atoms with Gasteiger partial charge in [0.2, 0.25) is 5.91 Å². The third-order valence-corrected chi connectivity index (χ3v) is 12.1. The summed E-state index contributed by atoms with van der Waals surface area (Å²) in [5.74, 6) is 0.210. The van der Waals surface area contributed by atoms with Gasteiger partial charge in [0.05, 0.1) is 0 Å². The minimum Gasteiger partial charge on any atom is -0.490 e. The van der Waals surface area contributed by atoms with Gasteiger partial charge < -0.3 is 34.0 Å². The number of nitrogens with zero attached hydrogens (tertiary/aromatic N) is 3. The van der Waals surface area contributed by atoms with Crippen LogP contribution in [0.25, 0.3) is 11.1 Å². The maximum absolute atomic E-state index is 14.2. The normalized spacial score (nSPS) is 17.3. The highest BCUT2D eigenvalue weighted by molar-refractivity contribution is 5.98. The van der Waals surface area contributed by atoms with Crippen molar-refractivity contribution in [2.75, 3.05) is 6.61 Å². The van der Waals surface area contributed by atoms with Gasteiger partial charge >= 0.3 is 5.97 Å². The monoisotopic (exact) mass is 818 g/mol. The van der Waals surface area contributed by atoms with Gasteiger partial charge in [-0.3, -0.25) is 14.6 Å². The number of carboxylic acid groups (broad SMARTS) is 1. The first-order valence-electron chi connectivity index (χ1n) is 20.6. The smallest absolute Gasteiger partial charge is 0.326 e. The van der Waals surface area contributed by atoms with Crippen LogP contribution in [0.15, 0.2) is 102 Å². The van der Waals surface area contributed by atoms with Gasteiger partial charge in [0, 0.05) is 51.0 Å². The Balaban J connectivity index is 0.919. The van der Waals surface area contributed by atoms with Crippen molar-refractivity contribution in [2.24, 2.45) is 0 Å². The predicted octanol–water partition coefficient (Wildman–Crippen LogP) is 7.41. The Bertz CT molecular complexity index is 2630. The molecule has 6 aromatic rings. The van der Waals surface area contributed by atoms with Gasteiger partial charge in [-0.15, -0.1) is 0 Å². The molecule has 0 fully saturated rings. The molecule has 0 spiro atoms. The predicted molar refractivity (Wildman–Crippen MR) is 226 cm³/mol. The minimum atomic E-state index is -1.25. The van der Waals surface area contributed by atoms with Crippen LogP contribution in [0.3, 0.4) is 0 Å². The molecule has 4 aromatic carbocycles. The molecule has 2 aromatic heterocycles. The Morgan fingerprint density at radius 2 is 1.59 bits per heavy atom. The number of nitrogens with one attached hydrogen (secondary N) is 1. The van der Waals surface area contributed by atoms with E-state index in [1.165, 1.54) is 16.0 Å². The van der Waals surface area contributed by atoms with Gasteiger partial charge in [-0.25, -0.2) is 9.78 Å². The number of hydrogen-bond acceptors (Lipinski definition) is 9. The Hall–Kier alpha value is -6.95. The molecule has 310 valence electrons. The zero-order valence-electron chi connectivity index (χ0n) is 34.4. The van der Waals surface area contributed by atoms with Gasteiger partial charge in [-0.1, -0.05) is 60.7 Å². The fourth-order valence-corrected chi connectivity index (χ4v) is 8.66. The summed E-state index contributed by atoms with van der Waals surface area (Å²) in [5.41, 5.74) is 10.0. The maximum atomic E-state index is 14.2. The second kappa shape index (κ2) is 16.2. The van der Waals surface area contributed by atoms with Gasteiger partial charge in [0.25, 0.3) is 5.91 Å². The molecule has 0 saturated heterocycles. The summed E-state index contributed by atoms with van der Waals surface area (Å²) in [7, 11) is 0. The second-order valence-corrected chi connectivity index (χ2v) is 16.1. The molecule has 4 heterocycles. The first kappa shape index (κ1) is 39.5. The van der Waals surface area contributed by atoms with Crippen molar-refractivity contribution in [3.8, 4) is 28.4 Å². The highest BCUT2D eigenvalue weighted by Crippen LogP contribution is 2.41. The Morgan fingerprint density at radius 3 is 2.28 bits per heavy atom. The number of carbonyl (C=O) groups is 3. The summed E-state index contributed by atoms with van der Waals surface area (Å²) >= 11 is 0. The van der Waals surface area contributed by atoms with Crippen LogP contribution in [0.4, 0.5) is 0 Å². The lowest BCUT2D eigenvalue weighted by Gasteiger charge is -2.37. The summed E-state index contributed by atoms with van der Waals surface area (Å²) in [6.45, 7) is 7.59. The molecular weight excluding hydrogens is 773 g/mol. The molecule has 0 radical (unpaired) electrons. The van der Waals surface area contributed by atoms with Crippen molar-refractivity contribution in [2.45, 2.75) is 84.2 Å². The zero-order valence-corrected chi connectivity index (χ0v) is 34.4. The molecule has 1 aliphatic carbocycles. The number of aliphatic carboxylic acids is 1. The van der Waals surface area contributed by atoms with Crippen LogP contribution in [0.2, 0.25) is 0 Å². The van der Waals surface area contributed by atoms with Gasteiger partial charge in [-0.05, 0) is 101 Å². The van der Waals surface area contributed by atoms with Crippen molar-refractivity contribution in [3.05, 3.63) is 159 Å². The lowest BCUT2D eigenvalue weighted by molar-refractivity contribution is -0.142. The molecule has 12 nitrogen and oxygen atoms in total. The minimum absolute atomic E-state index is 0.0411. The van der Waals surface area contributed by atoms with E-state index in [4.69, 9.17) is 18.6 Å². The number of carbonyl (C=O) groups excluding carboxylic acids is 2. The van der Waals surface area contributed by atoms with E-state index in [2.05, 4.69) is 39.6 Å². The fourth-order valence-electron chi connectivity index (χ4n) is 8.66. The number of ether oxygens (including phenoxy) is 3. The van der Waals surface area contributed by atoms with Crippen LogP contribution in [0.1, 0.15) is 72.9 Å². The number of amides is 2. The number of pyridine rings is 1. The summed E-state index contributed by atoms with van der Waals surface area (Å²) in [4.78, 5) is 51.2. The first-order valence-corrected chi connectivity index (χ1v) is 20.6. The van der Waals surface area contributed by atoms with E-state index in [0.717, 1.165) is 63.2 Å². The molecule has 2 aliphatic heterocycles. The van der Waals surface area contributed by atoms with Crippen LogP contribution >= 0.6 is 0 Å². The Morgan fingerprint density at radius 1 is 0.869 bits per heavy atom. The van der Waals surface area contributed by atoms with E-state index in [1.54, 1.807) is 20.0 Å². The number of aryl methyl sites for hydroxylation is 3. The van der Waals surface area contributed by atoms with Crippen LogP contribution in [-0.4, -0.2) is 62.6 Å². The lowest BCUT2D eigenvalue weighted by Crippen LogP contribution is -2.56. The Kier molecular flexibility index (Phi) is 10.5. The van der Waals surface area contributed by atoms with E-state index >= 15 is 0 Å². The molecule has 12 heteroatoms. The molecular formula is C49H46N4O8. The molecule has 3 unspecified atom stereocenters. The molecule has 0 bridgehead atoms. The molecule has 3 aliphatic rings. The quantitative estimate of drug-likeness (QED) is 0.143. The van der Waals surface area contributed by atoms with Gasteiger partial charge in [0.15, 0.2) is 29.2 Å². The van der Waals surface area contributed by atoms with Crippen molar-refractivity contribution >= 4 is 17.8 Å². The lowest BCUT2D eigenvalue weighted by atomic mass is 9.91. The van der Waals surface area contributed by atoms with E-state index in [0.29, 0.717) is 23.1 Å². The van der Waals surface area contributed by atoms with E-state index in [-0.39, 0.29) is 43.9 Å². The summed E-state index contributed by atoms with van der Waals surface area (Å²) < 4.78 is 24.7. The molecule has 2 amide bonds. The third kappa shape index (κ3) is 8.05. The first-order chi connectivity index (χ1) is 29.5. The second-order valence-electron chi connectivity index (χ2n) is 16.1. The maximum Gasteiger partial charge on any atom is 0.326 e. The van der Waals surface area contributed by atoms with Crippen molar-refractivity contribution in [3.63, 3.8) is 0 Å². The largest absolute Gasteiger partial charge is 0.490 e. The number of carboxylic acids is 1. The number of rotatable bonds is 10. The van der Waals surface area contributed by atoms with Gasteiger partial charge in [0.1, 0.15) is 36.3 Å². The van der Waals surface area contributed by atoms with Crippen molar-refractivity contribution < 1.29 is 38.1 Å². The average molecular weight is 819 g/mol. The topological polar surface area (TPSA) is 153 Å². The molecule has 9 rings (SSSR count). The third-order valence-electron chi connectivity index (χ3n) is 12.1. The van der Waals surface area contributed by atoms with Crippen LogP contribution in [0.5, 0.6) is 17.2 Å². The number of benzene rings is 4. The Labute approximate surface area is 353 Å². The number of hydrogen-bond donors (Lipinski definition) is 2. The highest BCUT2D eigenvalue weighted by Gasteiger charge is 2.39. The zero-order chi connectivity index (χ0) is 42.4. The molecule has 0 saturated carbocycles. The summed E-state index contributed by atoms with van der Waals surface area (Å²) in [6.07, 6.45) is 3.40. The number of aromatic nitrogens is 2. The van der Waals surface area contributed by atoms with Crippen molar-refractivity contribution in [1.82, 2.24) is 20.2 Å². The fraction of sp³-hybridized carbons (Fsp3) is 0.286. The highest BCUT2D eigenvalue weighted by atomic mass is 16.6. The van der Waals surface area contributed by atoms with Crippen LogP contribution < -0.4 is 19.5 Å². The summed E-state index contributed by atoms with van der Waals surface area (Å²) in [5, 5.41) is 13.1. The SMILES string of the molecule is Cc1nc(C(=O)N2Cc3cc4c(cc3CC2C(=O)NC(Cc2ccc(-c3ccnc(C)c3C)cc2)C(=O)O)OCC(c2ccc(OC3Cc5ccccc5C3)cc2)O4)c(C)o1. The van der Waals surface area contributed by atoms with E-state index in [9.17, 15) is 19.5 Å². The number of fused-ring (bicyclic) bond motifs is 3. The van der Waals surface area contributed by atoms with Crippen LogP contribution in [-0.2, 0) is 41.8 Å². The standard InChI is InChI=1S/C49H46N4O8/c1-27-28(2)50-18-17-40(27)32-11-9-31(10-12-32)19-41(49(56)57)52-47(54)42-22-36-23-43-44(24-37(36)25-53(42)48(55)46-29(3)59-30(4)51-46)61-45(26-58-43)33-13-15-38(16-14-33)60-39-20-34-7-5-6-8-35(34)21-39/h5-18,23-24,39,41-42,45H,19-22,25-26H2,1-4H3,(H,52,54)(H,56,57). The van der Waals surface area contributed by atoms with E-state index < -0.39 is 29.9 Å². The molecule has 61 heavy (non-hydrogen) atoms. The number of oxazole rings is 1. The van der Waals surface area contributed by atoms with E-state index in [1.807, 2.05) is 80.6 Å². The van der Waals surface area contributed by atoms with Crippen molar-refractivity contribution in [1.29, 1.82) is 0 Å². The van der Waals surface area contributed by atoms with Crippen LogP contribution in [0, 0.1) is 27.7 Å². The average Bonchev–Trinajstić information content (AvgIpc) is 3.83. The summed E-state index contributed by atoms with van der Waals surface area (Å²) in [6, 6.07) is 27.3.